The van der Waals surface area contributed by atoms with Crippen LogP contribution >= 0.6 is 0 Å². The van der Waals surface area contributed by atoms with E-state index in [0.717, 1.165) is 38.5 Å². The van der Waals surface area contributed by atoms with Gasteiger partial charge in [0.15, 0.2) is 0 Å². The molecule has 0 unspecified atom stereocenters. The third kappa shape index (κ3) is 6.80. The van der Waals surface area contributed by atoms with E-state index in [9.17, 15) is 4.79 Å². The van der Waals surface area contributed by atoms with Crippen LogP contribution in [0.3, 0.4) is 0 Å². The highest BCUT2D eigenvalue weighted by molar-refractivity contribution is 5.76. The summed E-state index contributed by atoms with van der Waals surface area (Å²) < 4.78 is 5.30. The maximum atomic E-state index is 12.4. The molecule has 21 heavy (non-hydrogen) atoms. The van der Waals surface area contributed by atoms with Crippen LogP contribution in [0.4, 0.5) is 0 Å². The molecular weight excluding hydrogens is 264 g/mol. The van der Waals surface area contributed by atoms with Gasteiger partial charge in [-0.2, -0.15) is 0 Å². The van der Waals surface area contributed by atoms with Crippen molar-refractivity contribution in [3.05, 3.63) is 24.2 Å². The summed E-state index contributed by atoms with van der Waals surface area (Å²) in [5.74, 6) is 1.61. The Hall–Kier alpha value is -1.29. The predicted molar refractivity (Wildman–Crippen MR) is 86.2 cm³/mol. The van der Waals surface area contributed by atoms with Crippen LogP contribution in [0, 0.1) is 5.92 Å². The average Bonchev–Trinajstić information content (AvgIpc) is 2.97. The van der Waals surface area contributed by atoms with Crippen LogP contribution in [-0.4, -0.2) is 48.4 Å². The van der Waals surface area contributed by atoms with Gasteiger partial charge >= 0.3 is 0 Å². The van der Waals surface area contributed by atoms with E-state index >= 15 is 0 Å². The molecular formula is C17H30N2O2. The molecule has 0 saturated heterocycles. The summed E-state index contributed by atoms with van der Waals surface area (Å²) in [4.78, 5) is 16.8. The Bertz CT molecular complexity index is 384. The number of nitrogens with zero attached hydrogens (tertiary/aromatic N) is 2. The molecule has 1 amide bonds. The zero-order valence-corrected chi connectivity index (χ0v) is 14.0. The number of carbonyl (C=O) groups excluding carboxylic acids is 1. The number of carbonyl (C=O) groups is 1. The number of furan rings is 1. The number of amides is 1. The molecule has 0 aliphatic rings. The van der Waals surface area contributed by atoms with Crippen molar-refractivity contribution in [3.63, 3.8) is 0 Å². The summed E-state index contributed by atoms with van der Waals surface area (Å²) in [6, 6.07) is 3.79. The van der Waals surface area contributed by atoms with Crippen LogP contribution in [0.25, 0.3) is 0 Å². The average molecular weight is 294 g/mol. The van der Waals surface area contributed by atoms with Gasteiger partial charge in [-0.05, 0) is 31.1 Å². The molecule has 1 rings (SSSR count). The molecule has 1 aromatic rings. The monoisotopic (exact) mass is 294 g/mol. The van der Waals surface area contributed by atoms with Crippen LogP contribution in [0.1, 0.15) is 39.9 Å². The van der Waals surface area contributed by atoms with Gasteiger partial charge in [0, 0.05) is 32.5 Å². The minimum absolute atomic E-state index is 0.229. The van der Waals surface area contributed by atoms with Gasteiger partial charge in [-0.3, -0.25) is 4.79 Å². The standard InChI is InChI=1S/C17H30N2O2/c1-5-18(6-2)11-12-19(14-15(3)4)17(20)10-9-16-8-7-13-21-16/h7-8,13,15H,5-6,9-12,14H2,1-4H3. The Morgan fingerprint density at radius 2 is 1.95 bits per heavy atom. The molecule has 1 heterocycles. The van der Waals surface area contributed by atoms with Crippen LogP contribution < -0.4 is 0 Å². The molecule has 0 fully saturated rings. The van der Waals surface area contributed by atoms with E-state index in [1.165, 1.54) is 0 Å². The third-order valence-corrected chi connectivity index (χ3v) is 3.68. The Kier molecular flexibility index (Phi) is 8.13. The molecule has 4 nitrogen and oxygen atoms in total. The van der Waals surface area contributed by atoms with Gasteiger partial charge in [0.25, 0.3) is 0 Å². The summed E-state index contributed by atoms with van der Waals surface area (Å²) >= 11 is 0. The number of rotatable bonds is 10. The summed E-state index contributed by atoms with van der Waals surface area (Å²) in [5.41, 5.74) is 0. The van der Waals surface area contributed by atoms with Crippen molar-refractivity contribution in [2.24, 2.45) is 5.92 Å². The highest BCUT2D eigenvalue weighted by Crippen LogP contribution is 2.08. The molecule has 0 aliphatic heterocycles. The highest BCUT2D eigenvalue weighted by Gasteiger charge is 2.16. The van der Waals surface area contributed by atoms with Crippen LogP contribution in [0.2, 0.25) is 0 Å². The maximum absolute atomic E-state index is 12.4. The van der Waals surface area contributed by atoms with Gasteiger partial charge in [-0.25, -0.2) is 0 Å². The Morgan fingerprint density at radius 1 is 1.24 bits per heavy atom. The fraction of sp³-hybridized carbons (Fsp3) is 0.706. The molecule has 0 radical (unpaired) electrons. The topological polar surface area (TPSA) is 36.7 Å². The molecule has 0 bridgehead atoms. The van der Waals surface area contributed by atoms with Gasteiger partial charge in [0.2, 0.25) is 5.91 Å². The lowest BCUT2D eigenvalue weighted by Crippen LogP contribution is -2.40. The van der Waals surface area contributed by atoms with Crippen molar-refractivity contribution in [2.75, 3.05) is 32.7 Å². The van der Waals surface area contributed by atoms with E-state index in [0.29, 0.717) is 18.8 Å². The first-order valence-electron chi connectivity index (χ1n) is 8.09. The summed E-state index contributed by atoms with van der Waals surface area (Å²) in [7, 11) is 0. The van der Waals surface area contributed by atoms with Crippen molar-refractivity contribution in [2.45, 2.75) is 40.5 Å². The first-order valence-corrected chi connectivity index (χ1v) is 8.09. The van der Waals surface area contributed by atoms with Crippen LogP contribution in [0.5, 0.6) is 0 Å². The molecule has 4 heteroatoms. The normalized spacial score (nSPS) is 11.3. The quantitative estimate of drug-likeness (QED) is 0.665. The minimum Gasteiger partial charge on any atom is -0.469 e. The van der Waals surface area contributed by atoms with Crippen LogP contribution in [0.15, 0.2) is 22.8 Å². The van der Waals surface area contributed by atoms with Crippen molar-refractivity contribution in [3.8, 4) is 0 Å². The molecule has 0 aromatic carbocycles. The largest absolute Gasteiger partial charge is 0.469 e. The Morgan fingerprint density at radius 3 is 2.48 bits per heavy atom. The first kappa shape index (κ1) is 17.8. The molecule has 0 saturated carbocycles. The molecule has 120 valence electrons. The smallest absolute Gasteiger partial charge is 0.223 e. The second-order valence-electron chi connectivity index (χ2n) is 5.84. The van der Waals surface area contributed by atoms with Crippen molar-refractivity contribution in [1.29, 1.82) is 0 Å². The lowest BCUT2D eigenvalue weighted by atomic mass is 10.1. The summed E-state index contributed by atoms with van der Waals surface area (Å²) in [6.45, 7) is 13.3. The van der Waals surface area contributed by atoms with Gasteiger partial charge in [0.1, 0.15) is 5.76 Å². The van der Waals surface area contributed by atoms with Gasteiger partial charge < -0.3 is 14.2 Å². The zero-order chi connectivity index (χ0) is 15.7. The third-order valence-electron chi connectivity index (χ3n) is 3.68. The molecule has 0 atom stereocenters. The summed E-state index contributed by atoms with van der Waals surface area (Å²) in [6.07, 6.45) is 2.87. The van der Waals surface area contributed by atoms with Crippen molar-refractivity contribution < 1.29 is 9.21 Å². The van der Waals surface area contributed by atoms with E-state index in [4.69, 9.17) is 4.42 Å². The zero-order valence-electron chi connectivity index (χ0n) is 14.0. The van der Waals surface area contributed by atoms with E-state index in [-0.39, 0.29) is 5.91 Å². The number of hydrogen-bond donors (Lipinski definition) is 0. The van der Waals surface area contributed by atoms with E-state index in [1.807, 2.05) is 17.0 Å². The number of aryl methyl sites for hydroxylation is 1. The first-order chi connectivity index (χ1) is 10.1. The maximum Gasteiger partial charge on any atom is 0.223 e. The van der Waals surface area contributed by atoms with E-state index in [2.05, 4.69) is 32.6 Å². The lowest BCUT2D eigenvalue weighted by molar-refractivity contribution is -0.132. The molecule has 0 aliphatic carbocycles. The molecule has 0 spiro atoms. The molecule has 0 N–H and O–H groups in total. The number of likely N-dealkylation sites (N-methyl/N-ethyl adjacent to an activating group) is 1. The van der Waals surface area contributed by atoms with Crippen LogP contribution in [-0.2, 0) is 11.2 Å². The SMILES string of the molecule is CCN(CC)CCN(CC(C)C)C(=O)CCc1ccco1. The van der Waals surface area contributed by atoms with E-state index < -0.39 is 0 Å². The predicted octanol–water partition coefficient (Wildman–Crippen LogP) is 3.04. The molecule has 1 aromatic heterocycles. The van der Waals surface area contributed by atoms with Crippen molar-refractivity contribution in [1.82, 2.24) is 9.80 Å². The second-order valence-corrected chi connectivity index (χ2v) is 5.84. The second kappa shape index (κ2) is 9.61. The minimum atomic E-state index is 0.229. The van der Waals surface area contributed by atoms with Gasteiger partial charge in [-0.15, -0.1) is 0 Å². The highest BCUT2D eigenvalue weighted by atomic mass is 16.3. The Balaban J connectivity index is 2.48. The summed E-state index contributed by atoms with van der Waals surface area (Å²) in [5, 5.41) is 0. The van der Waals surface area contributed by atoms with E-state index in [1.54, 1.807) is 6.26 Å². The van der Waals surface area contributed by atoms with Gasteiger partial charge in [0.05, 0.1) is 6.26 Å². The van der Waals surface area contributed by atoms with Gasteiger partial charge in [-0.1, -0.05) is 27.7 Å². The Labute approximate surface area is 129 Å². The fourth-order valence-electron chi connectivity index (χ4n) is 2.40. The van der Waals surface area contributed by atoms with Crippen molar-refractivity contribution >= 4 is 5.91 Å². The fourth-order valence-corrected chi connectivity index (χ4v) is 2.40. The number of hydrogen-bond acceptors (Lipinski definition) is 3. The lowest BCUT2D eigenvalue weighted by Gasteiger charge is -2.28.